The van der Waals surface area contributed by atoms with Gasteiger partial charge in [0.2, 0.25) is 0 Å². The molecule has 1 saturated carbocycles. The van der Waals surface area contributed by atoms with Crippen LogP contribution in [0.5, 0.6) is 0 Å². The molecule has 1 aliphatic rings. The van der Waals surface area contributed by atoms with Crippen LogP contribution in [-0.2, 0) is 7.05 Å². The molecule has 0 aliphatic heterocycles. The number of carboxylic acid groups (broad SMARTS) is 1. The number of aromatic nitrogens is 2. The highest BCUT2D eigenvalue weighted by atomic mass is 16.4. The molecule has 0 spiro atoms. The number of fused-ring (bicyclic) bond motifs is 2. The Labute approximate surface area is 163 Å². The van der Waals surface area contributed by atoms with Crippen molar-refractivity contribution < 1.29 is 9.90 Å². The topological polar surface area (TPSA) is 55.1 Å². The second kappa shape index (κ2) is 6.48. The van der Waals surface area contributed by atoms with Gasteiger partial charge in [0.25, 0.3) is 0 Å². The Morgan fingerprint density at radius 3 is 2.68 bits per heavy atom. The van der Waals surface area contributed by atoms with Gasteiger partial charge < -0.3 is 9.67 Å². The molecule has 0 radical (unpaired) electrons. The average molecular weight is 370 g/mol. The van der Waals surface area contributed by atoms with E-state index in [1.807, 2.05) is 25.4 Å². The van der Waals surface area contributed by atoms with Crippen LogP contribution in [0, 0.1) is 0 Å². The van der Waals surface area contributed by atoms with Crippen LogP contribution in [-0.4, -0.2) is 20.6 Å². The molecule has 1 N–H and O–H groups in total. The minimum Gasteiger partial charge on any atom is -0.478 e. The molecule has 0 unspecified atom stereocenters. The highest BCUT2D eigenvalue weighted by molar-refractivity contribution is 6.02. The number of para-hydroxylation sites is 1. The minimum absolute atomic E-state index is 0.327. The lowest BCUT2D eigenvalue weighted by Gasteiger charge is -2.15. The van der Waals surface area contributed by atoms with Crippen molar-refractivity contribution in [2.75, 3.05) is 0 Å². The number of aryl methyl sites for hydroxylation is 1. The average Bonchev–Trinajstić information content (AvgIpc) is 3.34. The van der Waals surface area contributed by atoms with E-state index in [0.29, 0.717) is 11.5 Å². The largest absolute Gasteiger partial charge is 0.478 e. The van der Waals surface area contributed by atoms with Gasteiger partial charge in [0, 0.05) is 35.1 Å². The van der Waals surface area contributed by atoms with Crippen molar-refractivity contribution in [3.05, 3.63) is 65.9 Å². The van der Waals surface area contributed by atoms with Gasteiger partial charge in [-0.3, -0.25) is 4.98 Å². The number of rotatable bonds is 3. The maximum atomic E-state index is 11.5. The number of benzene rings is 2. The summed E-state index contributed by atoms with van der Waals surface area (Å²) in [6.07, 6.45) is 6.71. The Bertz CT molecular complexity index is 1210. The summed E-state index contributed by atoms with van der Waals surface area (Å²) in [7, 11) is 2.05. The second-order valence-electron chi connectivity index (χ2n) is 7.72. The van der Waals surface area contributed by atoms with Crippen molar-refractivity contribution in [2.45, 2.75) is 31.6 Å². The van der Waals surface area contributed by atoms with E-state index in [1.165, 1.54) is 42.3 Å². The third-order valence-electron chi connectivity index (χ3n) is 6.14. The monoisotopic (exact) mass is 370 g/mol. The summed E-state index contributed by atoms with van der Waals surface area (Å²) in [4.78, 5) is 16.2. The molecular weight excluding hydrogens is 348 g/mol. The highest BCUT2D eigenvalue weighted by Gasteiger charge is 2.27. The molecule has 0 amide bonds. The highest BCUT2D eigenvalue weighted by Crippen LogP contribution is 2.45. The molecule has 4 nitrogen and oxygen atoms in total. The molecule has 2 heterocycles. The number of aromatic carboxylic acids is 1. The van der Waals surface area contributed by atoms with Crippen LogP contribution in [0.15, 0.2) is 54.7 Å². The molecular formula is C24H22N2O2. The first-order chi connectivity index (χ1) is 13.6. The first kappa shape index (κ1) is 17.0. The van der Waals surface area contributed by atoms with Gasteiger partial charge in [-0.25, -0.2) is 4.79 Å². The summed E-state index contributed by atoms with van der Waals surface area (Å²) < 4.78 is 2.17. The van der Waals surface area contributed by atoms with Crippen molar-refractivity contribution >= 4 is 27.8 Å². The van der Waals surface area contributed by atoms with E-state index < -0.39 is 5.97 Å². The molecule has 4 aromatic rings. The van der Waals surface area contributed by atoms with E-state index in [4.69, 9.17) is 0 Å². The lowest BCUT2D eigenvalue weighted by atomic mass is 9.91. The van der Waals surface area contributed by atoms with Gasteiger partial charge in [0.05, 0.1) is 16.8 Å². The van der Waals surface area contributed by atoms with Gasteiger partial charge in [0.1, 0.15) is 0 Å². The summed E-state index contributed by atoms with van der Waals surface area (Å²) in [5.41, 5.74) is 5.95. The van der Waals surface area contributed by atoms with Crippen LogP contribution in [0.25, 0.3) is 33.1 Å². The van der Waals surface area contributed by atoms with Crippen molar-refractivity contribution in [2.24, 2.45) is 7.05 Å². The van der Waals surface area contributed by atoms with E-state index in [1.54, 1.807) is 12.1 Å². The maximum Gasteiger partial charge on any atom is 0.335 e. The van der Waals surface area contributed by atoms with Gasteiger partial charge in [-0.15, -0.1) is 0 Å². The second-order valence-corrected chi connectivity index (χ2v) is 7.72. The molecule has 5 rings (SSSR count). The number of carbonyl (C=O) groups is 1. The van der Waals surface area contributed by atoms with Gasteiger partial charge in [-0.1, -0.05) is 43.2 Å². The SMILES string of the molecule is Cn1c(-c2cccc3cccnc23)c(C2CCCC2)c2ccc(C(=O)O)cc21. The smallest absolute Gasteiger partial charge is 0.335 e. The van der Waals surface area contributed by atoms with E-state index in [-0.39, 0.29) is 0 Å². The fourth-order valence-electron chi connectivity index (χ4n) is 4.85. The summed E-state index contributed by atoms with van der Waals surface area (Å²) in [5.74, 6) is -0.382. The lowest BCUT2D eigenvalue weighted by Crippen LogP contribution is -1.99. The zero-order chi connectivity index (χ0) is 19.3. The summed E-state index contributed by atoms with van der Waals surface area (Å²) >= 11 is 0. The van der Waals surface area contributed by atoms with E-state index in [0.717, 1.165) is 22.0 Å². The maximum absolute atomic E-state index is 11.5. The van der Waals surface area contributed by atoms with Crippen LogP contribution in [0.2, 0.25) is 0 Å². The number of hydrogen-bond acceptors (Lipinski definition) is 2. The van der Waals surface area contributed by atoms with Gasteiger partial charge in [-0.2, -0.15) is 0 Å². The molecule has 2 aromatic heterocycles. The number of nitrogens with zero attached hydrogens (tertiary/aromatic N) is 2. The molecule has 1 aliphatic carbocycles. The zero-order valence-corrected chi connectivity index (χ0v) is 15.9. The molecule has 2 aromatic carbocycles. The molecule has 1 fully saturated rings. The molecule has 4 heteroatoms. The number of pyridine rings is 1. The Kier molecular flexibility index (Phi) is 3.93. The Balaban J connectivity index is 1.87. The van der Waals surface area contributed by atoms with Gasteiger partial charge >= 0.3 is 5.97 Å². The quantitative estimate of drug-likeness (QED) is 0.499. The van der Waals surface area contributed by atoms with E-state index in [2.05, 4.69) is 33.8 Å². The Morgan fingerprint density at radius 1 is 1.11 bits per heavy atom. The first-order valence-corrected chi connectivity index (χ1v) is 9.85. The Morgan fingerprint density at radius 2 is 1.89 bits per heavy atom. The normalized spacial score (nSPS) is 14.9. The predicted octanol–water partition coefficient (Wildman–Crippen LogP) is 5.75. The van der Waals surface area contributed by atoms with Crippen LogP contribution in [0.4, 0.5) is 0 Å². The molecule has 0 atom stereocenters. The summed E-state index contributed by atoms with van der Waals surface area (Å²) in [6, 6.07) is 15.9. The van der Waals surface area contributed by atoms with Crippen molar-refractivity contribution in [3.8, 4) is 11.3 Å². The van der Waals surface area contributed by atoms with Crippen LogP contribution in [0.3, 0.4) is 0 Å². The first-order valence-electron chi connectivity index (χ1n) is 9.85. The standard InChI is InChI=1S/C24H22N2O2/c1-26-20-14-17(24(27)28)11-12-18(20)21(15-6-2-3-7-15)23(26)19-10-4-8-16-9-5-13-25-22(16)19/h4-5,8-15H,2-3,6-7H2,1H3,(H,27,28). The fourth-order valence-corrected chi connectivity index (χ4v) is 4.85. The fraction of sp³-hybridized carbons (Fsp3) is 0.250. The van der Waals surface area contributed by atoms with E-state index in [9.17, 15) is 9.90 Å². The third-order valence-corrected chi connectivity index (χ3v) is 6.14. The van der Waals surface area contributed by atoms with Gasteiger partial charge in [-0.05, 0) is 42.5 Å². The number of hydrogen-bond donors (Lipinski definition) is 1. The third kappa shape index (κ3) is 2.52. The van der Waals surface area contributed by atoms with Crippen LogP contribution >= 0.6 is 0 Å². The summed E-state index contributed by atoms with van der Waals surface area (Å²) in [6.45, 7) is 0. The lowest BCUT2D eigenvalue weighted by molar-refractivity contribution is 0.0697. The Hall–Kier alpha value is -3.14. The van der Waals surface area contributed by atoms with Gasteiger partial charge in [0.15, 0.2) is 0 Å². The molecule has 140 valence electrons. The minimum atomic E-state index is -0.890. The number of carboxylic acids is 1. The molecule has 28 heavy (non-hydrogen) atoms. The van der Waals surface area contributed by atoms with Crippen molar-refractivity contribution in [1.29, 1.82) is 0 Å². The van der Waals surface area contributed by atoms with Crippen LogP contribution in [0.1, 0.15) is 47.5 Å². The zero-order valence-electron chi connectivity index (χ0n) is 15.9. The van der Waals surface area contributed by atoms with E-state index >= 15 is 0 Å². The molecule has 0 bridgehead atoms. The molecule has 0 saturated heterocycles. The van der Waals surface area contributed by atoms with Crippen molar-refractivity contribution in [3.63, 3.8) is 0 Å². The van der Waals surface area contributed by atoms with Crippen LogP contribution < -0.4 is 0 Å². The van der Waals surface area contributed by atoms with Crippen molar-refractivity contribution in [1.82, 2.24) is 9.55 Å². The predicted molar refractivity (Wildman–Crippen MR) is 112 cm³/mol. The summed E-state index contributed by atoms with van der Waals surface area (Å²) in [5, 5.41) is 11.8.